The number of hydrogen-bond donors (Lipinski definition) is 1. The first-order valence-corrected chi connectivity index (χ1v) is 3.74. The first-order valence-electron chi connectivity index (χ1n) is 2.13. The van der Waals surface area contributed by atoms with E-state index in [0.717, 1.165) is 8.79 Å². The van der Waals surface area contributed by atoms with Gasteiger partial charge in [0.1, 0.15) is 5.01 Å². The summed E-state index contributed by atoms with van der Waals surface area (Å²) in [4.78, 5) is 3.98. The summed E-state index contributed by atoms with van der Waals surface area (Å²) in [5, 5.41) is 0.969. The zero-order valence-electron chi connectivity index (χ0n) is 4.50. The van der Waals surface area contributed by atoms with E-state index in [1.54, 1.807) is 17.5 Å². The van der Waals surface area contributed by atoms with Crippen molar-refractivity contribution < 1.29 is 0 Å². The molecule has 0 aliphatic rings. The largest absolute Gasteiger partial charge is 0.325 e. The van der Waals surface area contributed by atoms with Gasteiger partial charge in [0.25, 0.3) is 0 Å². The zero-order valence-corrected chi connectivity index (χ0v) is 7.72. The normalized spacial score (nSPS) is 8.67. The molecule has 1 aromatic rings. The molecule has 2 N–H and O–H groups in total. The van der Waals surface area contributed by atoms with Crippen LogP contribution in [0.2, 0.25) is 0 Å². The minimum absolute atomic E-state index is 0. The first-order chi connectivity index (χ1) is 3.83. The van der Waals surface area contributed by atoms with Crippen LogP contribution in [0.4, 0.5) is 0 Å². The number of nitrogens with zero attached hydrogens (tertiary/aromatic N) is 1. The molecule has 0 amide bonds. The number of rotatable bonds is 1. The average Bonchev–Trinajstić information content (AvgIpc) is 2.14. The molecule has 0 aliphatic carbocycles. The van der Waals surface area contributed by atoms with Crippen molar-refractivity contribution in [2.45, 2.75) is 6.54 Å². The van der Waals surface area contributed by atoms with E-state index in [0.29, 0.717) is 6.54 Å². The van der Waals surface area contributed by atoms with Crippen molar-refractivity contribution in [3.63, 3.8) is 0 Å². The van der Waals surface area contributed by atoms with Gasteiger partial charge in [-0.1, -0.05) is 0 Å². The van der Waals surface area contributed by atoms with Crippen LogP contribution < -0.4 is 5.73 Å². The maximum atomic E-state index is 5.29. The third-order valence-corrected chi connectivity index (χ3v) is 2.20. The van der Waals surface area contributed by atoms with Crippen molar-refractivity contribution >= 4 is 39.7 Å². The Morgan fingerprint density at radius 1 is 1.78 bits per heavy atom. The standard InChI is InChI=1S/C4H5BrN2S.ClH/c5-3-2-7-4(1-6)8-3;/h2H,1,6H2;1H. The van der Waals surface area contributed by atoms with Crippen molar-refractivity contribution in [1.82, 2.24) is 4.98 Å². The van der Waals surface area contributed by atoms with Gasteiger partial charge in [-0.15, -0.1) is 23.7 Å². The predicted molar refractivity (Wildman–Crippen MR) is 45.0 cm³/mol. The van der Waals surface area contributed by atoms with Crippen LogP contribution >= 0.6 is 39.7 Å². The average molecular weight is 230 g/mol. The van der Waals surface area contributed by atoms with Crippen LogP contribution in [-0.2, 0) is 6.54 Å². The molecule has 9 heavy (non-hydrogen) atoms. The van der Waals surface area contributed by atoms with Gasteiger partial charge in [-0.25, -0.2) is 4.98 Å². The van der Waals surface area contributed by atoms with Gasteiger partial charge in [0.2, 0.25) is 0 Å². The van der Waals surface area contributed by atoms with Crippen LogP contribution in [0.15, 0.2) is 9.98 Å². The van der Waals surface area contributed by atoms with E-state index in [4.69, 9.17) is 5.73 Å². The number of hydrogen-bond acceptors (Lipinski definition) is 3. The second kappa shape index (κ2) is 4.22. The lowest BCUT2D eigenvalue weighted by atomic mass is 10.7. The van der Waals surface area contributed by atoms with E-state index in [1.807, 2.05) is 0 Å². The molecule has 52 valence electrons. The van der Waals surface area contributed by atoms with Gasteiger partial charge in [-0.3, -0.25) is 0 Å². The van der Waals surface area contributed by atoms with E-state index >= 15 is 0 Å². The molecule has 0 unspecified atom stereocenters. The van der Waals surface area contributed by atoms with E-state index in [1.165, 1.54) is 0 Å². The van der Waals surface area contributed by atoms with Gasteiger partial charge in [-0.2, -0.15) is 0 Å². The van der Waals surface area contributed by atoms with Crippen molar-refractivity contribution in [1.29, 1.82) is 0 Å². The Hall–Kier alpha value is 0.360. The van der Waals surface area contributed by atoms with E-state index < -0.39 is 0 Å². The minimum atomic E-state index is 0. The van der Waals surface area contributed by atoms with E-state index in [9.17, 15) is 0 Å². The molecule has 0 bridgehead atoms. The predicted octanol–water partition coefficient (Wildman–Crippen LogP) is 1.79. The summed E-state index contributed by atoms with van der Waals surface area (Å²) in [6.45, 7) is 0.538. The third-order valence-electron chi connectivity index (χ3n) is 0.700. The van der Waals surface area contributed by atoms with Gasteiger partial charge in [-0.05, 0) is 15.9 Å². The van der Waals surface area contributed by atoms with Crippen LogP contribution in [0.3, 0.4) is 0 Å². The van der Waals surface area contributed by atoms with Gasteiger partial charge in [0.05, 0.1) is 9.98 Å². The SMILES string of the molecule is Cl.NCc1ncc(Br)s1. The molecule has 0 aliphatic heterocycles. The van der Waals surface area contributed by atoms with Gasteiger partial charge < -0.3 is 5.73 Å². The van der Waals surface area contributed by atoms with E-state index in [-0.39, 0.29) is 12.4 Å². The first kappa shape index (κ1) is 9.36. The van der Waals surface area contributed by atoms with Crippen molar-refractivity contribution in [2.75, 3.05) is 0 Å². The Morgan fingerprint density at radius 2 is 2.44 bits per heavy atom. The highest BCUT2D eigenvalue weighted by atomic mass is 79.9. The molecule has 0 saturated heterocycles. The Labute approximate surface area is 72.0 Å². The Kier molecular flexibility index (Phi) is 4.39. The molecule has 1 aromatic heterocycles. The van der Waals surface area contributed by atoms with E-state index in [2.05, 4.69) is 20.9 Å². The summed E-state index contributed by atoms with van der Waals surface area (Å²) >= 11 is 4.84. The molecule has 0 aromatic carbocycles. The fourth-order valence-electron chi connectivity index (χ4n) is 0.382. The number of nitrogens with two attached hydrogens (primary N) is 1. The molecular formula is C4H6BrClN2S. The maximum Gasteiger partial charge on any atom is 0.107 e. The quantitative estimate of drug-likeness (QED) is 0.797. The summed E-state index contributed by atoms with van der Waals surface area (Å²) in [6.07, 6.45) is 1.76. The summed E-state index contributed by atoms with van der Waals surface area (Å²) in [5.74, 6) is 0. The minimum Gasteiger partial charge on any atom is -0.325 e. The van der Waals surface area contributed by atoms with Crippen molar-refractivity contribution in [2.24, 2.45) is 5.73 Å². The lowest BCUT2D eigenvalue weighted by molar-refractivity contribution is 1.04. The van der Waals surface area contributed by atoms with Crippen molar-refractivity contribution in [3.8, 4) is 0 Å². The Bertz CT molecular complexity index is 179. The molecule has 2 nitrogen and oxygen atoms in total. The summed E-state index contributed by atoms with van der Waals surface area (Å²) in [6, 6.07) is 0. The van der Waals surface area contributed by atoms with Crippen molar-refractivity contribution in [3.05, 3.63) is 15.0 Å². The van der Waals surface area contributed by atoms with Crippen LogP contribution in [0.5, 0.6) is 0 Å². The highest BCUT2D eigenvalue weighted by Gasteiger charge is 1.93. The third kappa shape index (κ3) is 2.62. The molecule has 0 spiro atoms. The molecule has 1 rings (SSSR count). The molecule has 0 radical (unpaired) electrons. The lowest BCUT2D eigenvalue weighted by Crippen LogP contribution is -1.93. The van der Waals surface area contributed by atoms with Gasteiger partial charge >= 0.3 is 0 Å². The fourth-order valence-corrected chi connectivity index (χ4v) is 1.56. The summed E-state index contributed by atoms with van der Waals surface area (Å²) in [7, 11) is 0. The number of aromatic nitrogens is 1. The molecule has 0 saturated carbocycles. The molecule has 1 heterocycles. The number of thiazole rings is 1. The second-order valence-corrected chi connectivity index (χ2v) is 3.76. The van der Waals surface area contributed by atoms with Gasteiger partial charge in [0, 0.05) is 6.54 Å². The van der Waals surface area contributed by atoms with Gasteiger partial charge in [0.15, 0.2) is 0 Å². The van der Waals surface area contributed by atoms with Crippen LogP contribution in [0.25, 0.3) is 0 Å². The summed E-state index contributed by atoms with van der Waals surface area (Å²) in [5.41, 5.74) is 5.29. The second-order valence-electron chi connectivity index (χ2n) is 1.26. The highest BCUT2D eigenvalue weighted by Crippen LogP contribution is 2.17. The summed E-state index contributed by atoms with van der Waals surface area (Å²) < 4.78 is 1.04. The molecular weight excluding hydrogens is 223 g/mol. The number of halogens is 2. The molecule has 0 fully saturated rings. The molecule has 5 heteroatoms. The van der Waals surface area contributed by atoms with Crippen LogP contribution in [0.1, 0.15) is 5.01 Å². The smallest absolute Gasteiger partial charge is 0.107 e. The molecule has 0 atom stereocenters. The maximum absolute atomic E-state index is 5.29. The fraction of sp³-hybridized carbons (Fsp3) is 0.250. The monoisotopic (exact) mass is 228 g/mol. The van der Waals surface area contributed by atoms with Crippen LogP contribution in [0, 0.1) is 0 Å². The highest BCUT2D eigenvalue weighted by molar-refractivity contribution is 9.11. The Balaban J connectivity index is 0.000000640. The lowest BCUT2D eigenvalue weighted by Gasteiger charge is -1.78. The Morgan fingerprint density at radius 3 is 2.67 bits per heavy atom. The topological polar surface area (TPSA) is 38.9 Å². The zero-order chi connectivity index (χ0) is 5.98. The van der Waals surface area contributed by atoms with Crippen LogP contribution in [-0.4, -0.2) is 4.98 Å².